The van der Waals surface area contributed by atoms with Gasteiger partial charge < -0.3 is 19.2 Å². The van der Waals surface area contributed by atoms with Crippen LogP contribution in [0.15, 0.2) is 24.4 Å². The molecule has 4 rings (SSSR count). The van der Waals surface area contributed by atoms with Gasteiger partial charge in [-0.1, -0.05) is 13.0 Å². The third kappa shape index (κ3) is 4.01. The van der Waals surface area contributed by atoms with Crippen molar-refractivity contribution >= 4 is 17.0 Å². The number of nitrogens with one attached hydrogen (secondary N) is 1. The van der Waals surface area contributed by atoms with Crippen LogP contribution in [0.25, 0.3) is 11.0 Å². The van der Waals surface area contributed by atoms with Crippen molar-refractivity contribution in [2.45, 2.75) is 51.5 Å². The molecule has 0 amide bonds. The van der Waals surface area contributed by atoms with Gasteiger partial charge in [0.1, 0.15) is 23.5 Å². The van der Waals surface area contributed by atoms with Crippen LogP contribution in [0, 0.1) is 18.7 Å². The molecule has 11 heteroatoms. The number of hydrogen-bond acceptors (Lipinski definition) is 6. The molecule has 0 radical (unpaired) electrons. The number of halogens is 4. The summed E-state index contributed by atoms with van der Waals surface area (Å²) in [7, 11) is 1.34. The number of hydrogen-bond donors (Lipinski definition) is 1. The number of methoxy groups -OCH3 is 1. The zero-order chi connectivity index (χ0) is 25.7. The number of aromatic amines is 1. The van der Waals surface area contributed by atoms with Crippen LogP contribution in [0.4, 0.5) is 17.6 Å². The first kappa shape index (κ1) is 24.9. The summed E-state index contributed by atoms with van der Waals surface area (Å²) >= 11 is 0. The number of ether oxygens (including phenoxy) is 3. The van der Waals surface area contributed by atoms with E-state index in [1.165, 1.54) is 45.4 Å². The van der Waals surface area contributed by atoms with Crippen molar-refractivity contribution in [3.8, 4) is 5.75 Å². The number of alkyl halides is 3. The molecular weight excluding hydrogens is 470 g/mol. The number of carbonyl (C=O) groups is 1. The van der Waals surface area contributed by atoms with E-state index >= 15 is 0 Å². The molecule has 188 valence electrons. The van der Waals surface area contributed by atoms with E-state index in [0.717, 1.165) is 6.92 Å². The first-order chi connectivity index (χ1) is 16.4. The minimum absolute atomic E-state index is 0.0191. The number of esters is 1. The highest BCUT2D eigenvalue weighted by Gasteiger charge is 2.65. The Hall–Kier alpha value is -3.21. The Morgan fingerprint density at radius 2 is 2.03 bits per heavy atom. The van der Waals surface area contributed by atoms with E-state index in [1.54, 1.807) is 6.92 Å². The van der Waals surface area contributed by atoms with Gasteiger partial charge in [0, 0.05) is 23.0 Å². The zero-order valence-corrected chi connectivity index (χ0v) is 19.8. The molecule has 1 fully saturated rings. The van der Waals surface area contributed by atoms with Crippen molar-refractivity contribution in [3.63, 3.8) is 0 Å². The fourth-order valence-corrected chi connectivity index (χ4v) is 4.64. The Morgan fingerprint density at radius 3 is 2.66 bits per heavy atom. The second kappa shape index (κ2) is 8.78. The lowest BCUT2D eigenvalue weighted by molar-refractivity contribution is -0.275. The number of imidazole rings is 1. The van der Waals surface area contributed by atoms with Gasteiger partial charge in [-0.05, 0) is 32.9 Å². The molecule has 0 saturated carbocycles. The number of fused-ring (bicyclic) bond motifs is 1. The first-order valence-electron chi connectivity index (χ1n) is 11.0. The SMILES string of the molecule is CCOC(=O)c1cc2nc([C@@H]3O[C@@](C)(C(F)(F)F)[C@@H](C)[C@H]3c3ccc(F)c(C)c3OC)[nH]c2cn1. The molecule has 7 nitrogen and oxygen atoms in total. The third-order valence-electron chi connectivity index (χ3n) is 6.74. The highest BCUT2D eigenvalue weighted by atomic mass is 19.4. The lowest BCUT2D eigenvalue weighted by atomic mass is 9.76. The molecule has 3 aromatic rings. The average Bonchev–Trinajstić information content (AvgIpc) is 3.34. The van der Waals surface area contributed by atoms with Crippen molar-refractivity contribution in [2.24, 2.45) is 5.92 Å². The molecule has 1 aromatic carbocycles. The maximum Gasteiger partial charge on any atom is 0.417 e. The van der Waals surface area contributed by atoms with Gasteiger partial charge in [0.25, 0.3) is 0 Å². The number of aromatic nitrogens is 3. The van der Waals surface area contributed by atoms with E-state index in [2.05, 4.69) is 15.0 Å². The van der Waals surface area contributed by atoms with Gasteiger partial charge in [-0.25, -0.2) is 19.2 Å². The summed E-state index contributed by atoms with van der Waals surface area (Å²) in [4.78, 5) is 23.5. The first-order valence-corrected chi connectivity index (χ1v) is 11.0. The largest absolute Gasteiger partial charge is 0.496 e. The van der Waals surface area contributed by atoms with Gasteiger partial charge >= 0.3 is 12.1 Å². The van der Waals surface area contributed by atoms with E-state index in [-0.39, 0.29) is 29.4 Å². The van der Waals surface area contributed by atoms with Crippen LogP contribution in [-0.4, -0.2) is 46.4 Å². The van der Waals surface area contributed by atoms with Crippen LogP contribution in [0.5, 0.6) is 5.75 Å². The molecule has 0 unspecified atom stereocenters. The Kier molecular flexibility index (Phi) is 6.25. The van der Waals surface area contributed by atoms with Crippen molar-refractivity contribution in [1.29, 1.82) is 0 Å². The van der Waals surface area contributed by atoms with Crippen LogP contribution in [0.2, 0.25) is 0 Å². The van der Waals surface area contributed by atoms with Crippen molar-refractivity contribution in [1.82, 2.24) is 15.0 Å². The van der Waals surface area contributed by atoms with Gasteiger partial charge in [-0.3, -0.25) is 0 Å². The smallest absolute Gasteiger partial charge is 0.417 e. The Balaban J connectivity index is 1.86. The number of rotatable bonds is 5. The standard InChI is InChI=1S/C24H25F4N3O4/c1-6-34-22(32)16-9-15-17(10-29-16)31-21(30-15)20-18(12(3)23(4,35-20)24(26,27)28)13-7-8-14(25)11(2)19(13)33-5/h7-10,12,18,20H,6H2,1-5H3,(H,30,31)/t12-,18-,20+,23+/m0/s1. The summed E-state index contributed by atoms with van der Waals surface area (Å²) in [6.45, 7) is 5.76. The van der Waals surface area contributed by atoms with Crippen molar-refractivity contribution in [2.75, 3.05) is 13.7 Å². The highest BCUT2D eigenvalue weighted by Crippen LogP contribution is 2.59. The van der Waals surface area contributed by atoms with Gasteiger partial charge in [0.05, 0.1) is 30.9 Å². The Labute approximate surface area is 198 Å². The fraction of sp³-hybridized carbons (Fsp3) is 0.458. The van der Waals surface area contributed by atoms with E-state index < -0.39 is 41.5 Å². The molecule has 0 spiro atoms. The third-order valence-corrected chi connectivity index (χ3v) is 6.74. The second-order valence-corrected chi connectivity index (χ2v) is 8.68. The monoisotopic (exact) mass is 495 g/mol. The number of benzene rings is 1. The lowest BCUT2D eigenvalue weighted by Gasteiger charge is -2.32. The molecule has 1 saturated heterocycles. The van der Waals surface area contributed by atoms with E-state index in [4.69, 9.17) is 14.2 Å². The quantitative estimate of drug-likeness (QED) is 0.377. The number of pyridine rings is 1. The summed E-state index contributed by atoms with van der Waals surface area (Å²) < 4.78 is 72.9. The molecule has 0 bridgehead atoms. The molecule has 1 N–H and O–H groups in total. The molecule has 0 aliphatic carbocycles. The average molecular weight is 495 g/mol. The van der Waals surface area contributed by atoms with E-state index in [9.17, 15) is 22.4 Å². The predicted molar refractivity (Wildman–Crippen MR) is 118 cm³/mol. The molecule has 2 aromatic heterocycles. The van der Waals surface area contributed by atoms with Gasteiger partial charge in [-0.15, -0.1) is 0 Å². The molecule has 1 aliphatic heterocycles. The molecule has 1 aliphatic rings. The Bertz CT molecular complexity index is 1280. The molecular formula is C24H25F4N3O4. The molecule has 3 heterocycles. The summed E-state index contributed by atoms with van der Waals surface area (Å²) in [6, 6.07) is 4.02. The number of H-pyrrole nitrogens is 1. The zero-order valence-electron chi connectivity index (χ0n) is 19.8. The van der Waals surface area contributed by atoms with Crippen molar-refractivity contribution < 1.29 is 36.6 Å². The van der Waals surface area contributed by atoms with Crippen LogP contribution in [0.1, 0.15) is 60.2 Å². The maximum atomic E-state index is 14.2. The van der Waals surface area contributed by atoms with Crippen LogP contribution < -0.4 is 4.74 Å². The highest BCUT2D eigenvalue weighted by molar-refractivity contribution is 5.91. The summed E-state index contributed by atoms with van der Waals surface area (Å²) in [5.74, 6) is -2.85. The Morgan fingerprint density at radius 1 is 1.31 bits per heavy atom. The summed E-state index contributed by atoms with van der Waals surface area (Å²) in [5.41, 5.74) is -1.21. The summed E-state index contributed by atoms with van der Waals surface area (Å²) in [6.07, 6.45) is -4.50. The topological polar surface area (TPSA) is 86.3 Å². The normalized spacial score (nSPS) is 24.7. The van der Waals surface area contributed by atoms with Crippen LogP contribution >= 0.6 is 0 Å². The van der Waals surface area contributed by atoms with Crippen LogP contribution in [0.3, 0.4) is 0 Å². The van der Waals surface area contributed by atoms with Crippen molar-refractivity contribution in [3.05, 3.63) is 52.9 Å². The van der Waals surface area contributed by atoms with Crippen LogP contribution in [-0.2, 0) is 9.47 Å². The van der Waals surface area contributed by atoms with Gasteiger partial charge in [0.15, 0.2) is 11.3 Å². The summed E-state index contributed by atoms with van der Waals surface area (Å²) in [5, 5.41) is 0. The number of nitrogens with zero attached hydrogens (tertiary/aromatic N) is 2. The minimum Gasteiger partial charge on any atom is -0.496 e. The van der Waals surface area contributed by atoms with E-state index in [0.29, 0.717) is 16.6 Å². The molecule has 35 heavy (non-hydrogen) atoms. The maximum absolute atomic E-state index is 14.2. The molecule has 4 atom stereocenters. The van der Waals surface area contributed by atoms with Gasteiger partial charge in [-0.2, -0.15) is 13.2 Å². The van der Waals surface area contributed by atoms with E-state index in [1.807, 2.05) is 0 Å². The number of carbonyl (C=O) groups excluding carboxylic acids is 1. The fourth-order valence-electron chi connectivity index (χ4n) is 4.64. The lowest BCUT2D eigenvalue weighted by Crippen LogP contribution is -2.46. The second-order valence-electron chi connectivity index (χ2n) is 8.68. The predicted octanol–water partition coefficient (Wildman–Crippen LogP) is 5.40. The minimum atomic E-state index is -4.69. The van der Waals surface area contributed by atoms with Gasteiger partial charge in [0.2, 0.25) is 0 Å².